The first-order valence-electron chi connectivity index (χ1n) is 10.3. The van der Waals surface area contributed by atoms with Crippen LogP contribution < -0.4 is 0 Å². The molecule has 1 atom stereocenters. The van der Waals surface area contributed by atoms with Crippen molar-refractivity contribution >= 4 is 28.1 Å². The molecule has 1 aliphatic rings. The molecule has 29 heavy (non-hydrogen) atoms. The molecule has 0 bridgehead atoms. The van der Waals surface area contributed by atoms with Crippen LogP contribution in [-0.4, -0.2) is 19.5 Å². The van der Waals surface area contributed by atoms with Gasteiger partial charge in [0.05, 0.1) is 27.8 Å². The van der Waals surface area contributed by atoms with Gasteiger partial charge < -0.3 is 4.57 Å². The van der Waals surface area contributed by atoms with Gasteiger partial charge in [0.1, 0.15) is 5.82 Å². The minimum atomic E-state index is 0.447. The first-order valence-corrected chi connectivity index (χ1v) is 10.3. The Bertz CT molecular complexity index is 1260. The Labute approximate surface area is 170 Å². The van der Waals surface area contributed by atoms with Crippen LogP contribution >= 0.6 is 0 Å². The number of rotatable bonds is 4. The topological polar surface area (TPSA) is 43.6 Å². The van der Waals surface area contributed by atoms with Gasteiger partial charge in [0, 0.05) is 31.1 Å². The molecule has 0 aliphatic heterocycles. The standard InChI is InChI=1S/C25H24N4/c1-3-17-8-4-5-9-20-19(17)13-14-23-25(20)28-24(29(23)2)15-12-18-16-26-21-10-6-7-11-22(21)27-18/h4-11,13-14,16-17H,3,12,15H2,1-2H3. The van der Waals surface area contributed by atoms with Crippen LogP contribution in [0.25, 0.3) is 28.1 Å². The quantitative estimate of drug-likeness (QED) is 0.477. The van der Waals surface area contributed by atoms with E-state index >= 15 is 0 Å². The van der Waals surface area contributed by atoms with Crippen molar-refractivity contribution < 1.29 is 0 Å². The summed E-state index contributed by atoms with van der Waals surface area (Å²) >= 11 is 0. The number of benzene rings is 2. The molecule has 1 aliphatic carbocycles. The van der Waals surface area contributed by atoms with Crippen molar-refractivity contribution in [2.75, 3.05) is 0 Å². The number of imidazole rings is 1. The zero-order valence-corrected chi connectivity index (χ0v) is 16.8. The van der Waals surface area contributed by atoms with Crippen LogP contribution in [-0.2, 0) is 19.9 Å². The van der Waals surface area contributed by atoms with E-state index in [1.807, 2.05) is 30.5 Å². The molecule has 144 valence electrons. The molecule has 0 fully saturated rings. The molecule has 2 aromatic heterocycles. The third-order valence-corrected chi connectivity index (χ3v) is 5.88. The molecule has 1 unspecified atom stereocenters. The second-order valence-electron chi connectivity index (χ2n) is 7.63. The van der Waals surface area contributed by atoms with Crippen LogP contribution in [0.2, 0.25) is 0 Å². The zero-order chi connectivity index (χ0) is 19.8. The number of hydrogen-bond acceptors (Lipinski definition) is 3. The van der Waals surface area contributed by atoms with Crippen LogP contribution in [0.3, 0.4) is 0 Å². The van der Waals surface area contributed by atoms with Crippen LogP contribution in [0.15, 0.2) is 60.8 Å². The highest BCUT2D eigenvalue weighted by atomic mass is 15.1. The summed E-state index contributed by atoms with van der Waals surface area (Å²) in [6.45, 7) is 2.24. The summed E-state index contributed by atoms with van der Waals surface area (Å²) in [5, 5.41) is 0. The van der Waals surface area contributed by atoms with E-state index in [9.17, 15) is 0 Å². The van der Waals surface area contributed by atoms with E-state index in [0.29, 0.717) is 5.92 Å². The Balaban J connectivity index is 1.49. The van der Waals surface area contributed by atoms with Crippen LogP contribution in [0.4, 0.5) is 0 Å². The summed E-state index contributed by atoms with van der Waals surface area (Å²) in [5.41, 5.74) is 7.80. The van der Waals surface area contributed by atoms with Crippen LogP contribution in [0, 0.1) is 0 Å². The molecular weight excluding hydrogens is 356 g/mol. The molecule has 4 nitrogen and oxygen atoms in total. The highest BCUT2D eigenvalue weighted by molar-refractivity contribution is 5.88. The van der Waals surface area contributed by atoms with Crippen molar-refractivity contribution in [3.8, 4) is 0 Å². The first-order chi connectivity index (χ1) is 14.2. The van der Waals surface area contributed by atoms with Gasteiger partial charge in [-0.25, -0.2) is 9.97 Å². The van der Waals surface area contributed by atoms with Gasteiger partial charge in [-0.3, -0.25) is 4.98 Å². The fourth-order valence-corrected chi connectivity index (χ4v) is 4.23. The maximum absolute atomic E-state index is 5.05. The number of allylic oxidation sites excluding steroid dienone is 3. The van der Waals surface area contributed by atoms with Crippen molar-refractivity contribution in [1.29, 1.82) is 0 Å². The molecule has 0 radical (unpaired) electrons. The first kappa shape index (κ1) is 17.8. The summed E-state index contributed by atoms with van der Waals surface area (Å²) in [4.78, 5) is 14.3. The van der Waals surface area contributed by atoms with Gasteiger partial charge in [0.2, 0.25) is 0 Å². The minimum Gasteiger partial charge on any atom is -0.331 e. The van der Waals surface area contributed by atoms with E-state index in [1.54, 1.807) is 0 Å². The lowest BCUT2D eigenvalue weighted by atomic mass is 9.92. The summed E-state index contributed by atoms with van der Waals surface area (Å²) < 4.78 is 2.22. The number of aromatic nitrogens is 4. The molecule has 0 amide bonds. The smallest absolute Gasteiger partial charge is 0.110 e. The maximum Gasteiger partial charge on any atom is 0.110 e. The van der Waals surface area contributed by atoms with Gasteiger partial charge in [-0.2, -0.15) is 0 Å². The summed E-state index contributed by atoms with van der Waals surface area (Å²) in [7, 11) is 2.11. The third kappa shape index (κ3) is 3.15. The van der Waals surface area contributed by atoms with Crippen molar-refractivity contribution in [2.45, 2.75) is 32.1 Å². The van der Waals surface area contributed by atoms with Gasteiger partial charge in [-0.15, -0.1) is 0 Å². The number of fused-ring (bicyclic) bond motifs is 4. The second-order valence-corrected chi connectivity index (χ2v) is 7.63. The van der Waals surface area contributed by atoms with Crippen LogP contribution in [0.1, 0.15) is 41.9 Å². The third-order valence-electron chi connectivity index (χ3n) is 5.88. The lowest BCUT2D eigenvalue weighted by Gasteiger charge is -2.13. The van der Waals surface area contributed by atoms with E-state index in [-0.39, 0.29) is 0 Å². The molecule has 2 aromatic carbocycles. The molecule has 0 saturated carbocycles. The molecule has 0 N–H and O–H groups in total. The molecule has 0 spiro atoms. The van der Waals surface area contributed by atoms with Gasteiger partial charge in [-0.05, 0) is 36.6 Å². The molecule has 4 aromatic rings. The lowest BCUT2D eigenvalue weighted by Crippen LogP contribution is -2.02. The van der Waals surface area contributed by atoms with E-state index in [2.05, 4.69) is 60.0 Å². The van der Waals surface area contributed by atoms with Crippen molar-refractivity contribution in [1.82, 2.24) is 19.5 Å². The Kier molecular flexibility index (Phi) is 4.47. The largest absolute Gasteiger partial charge is 0.331 e. The average Bonchev–Trinajstić information content (AvgIpc) is 2.94. The van der Waals surface area contributed by atoms with Crippen molar-refractivity contribution in [2.24, 2.45) is 7.05 Å². The number of para-hydroxylation sites is 2. The normalized spacial score (nSPS) is 15.7. The SMILES string of the molecule is CCC1C=CC=Cc2c1ccc1c2nc(CCc2cnc3ccccc3n2)n1C. The van der Waals surface area contributed by atoms with Crippen molar-refractivity contribution in [3.05, 3.63) is 83.5 Å². The summed E-state index contributed by atoms with van der Waals surface area (Å²) in [6, 6.07) is 12.5. The zero-order valence-electron chi connectivity index (χ0n) is 16.8. The molecule has 4 heteroatoms. The highest BCUT2D eigenvalue weighted by Gasteiger charge is 2.18. The lowest BCUT2D eigenvalue weighted by molar-refractivity contribution is 0.775. The maximum atomic E-state index is 5.05. The monoisotopic (exact) mass is 380 g/mol. The summed E-state index contributed by atoms with van der Waals surface area (Å²) in [6.07, 6.45) is 13.4. The van der Waals surface area contributed by atoms with Crippen LogP contribution in [0.5, 0.6) is 0 Å². The van der Waals surface area contributed by atoms with Gasteiger partial charge >= 0.3 is 0 Å². The average molecular weight is 380 g/mol. The Hall–Kier alpha value is -3.27. The molecule has 5 rings (SSSR count). The second kappa shape index (κ2) is 7.28. The summed E-state index contributed by atoms with van der Waals surface area (Å²) in [5.74, 6) is 1.53. The van der Waals surface area contributed by atoms with E-state index < -0.39 is 0 Å². The fraction of sp³-hybridized carbons (Fsp3) is 0.240. The Morgan fingerprint density at radius 3 is 2.69 bits per heavy atom. The Morgan fingerprint density at radius 1 is 0.966 bits per heavy atom. The van der Waals surface area contributed by atoms with E-state index in [4.69, 9.17) is 9.97 Å². The fourth-order valence-electron chi connectivity index (χ4n) is 4.23. The molecule has 0 saturated heterocycles. The number of hydrogen-bond donors (Lipinski definition) is 0. The molecule has 2 heterocycles. The minimum absolute atomic E-state index is 0.447. The van der Waals surface area contributed by atoms with Gasteiger partial charge in [0.25, 0.3) is 0 Å². The number of nitrogens with zero attached hydrogens (tertiary/aromatic N) is 4. The van der Waals surface area contributed by atoms with Gasteiger partial charge in [-0.1, -0.05) is 49.4 Å². The number of aryl methyl sites for hydroxylation is 3. The van der Waals surface area contributed by atoms with Gasteiger partial charge in [0.15, 0.2) is 0 Å². The highest BCUT2D eigenvalue weighted by Crippen LogP contribution is 2.33. The predicted molar refractivity (Wildman–Crippen MR) is 119 cm³/mol. The predicted octanol–water partition coefficient (Wildman–Crippen LogP) is 5.38. The van der Waals surface area contributed by atoms with E-state index in [0.717, 1.165) is 47.3 Å². The molecular formula is C25H24N4. The van der Waals surface area contributed by atoms with Crippen molar-refractivity contribution in [3.63, 3.8) is 0 Å². The Morgan fingerprint density at radius 2 is 1.83 bits per heavy atom. The van der Waals surface area contributed by atoms with E-state index in [1.165, 1.54) is 16.6 Å².